The van der Waals surface area contributed by atoms with Gasteiger partial charge in [-0.3, -0.25) is 18.7 Å². The van der Waals surface area contributed by atoms with Crippen LogP contribution in [0.3, 0.4) is 0 Å². The summed E-state index contributed by atoms with van der Waals surface area (Å²) >= 11 is 0. The Hall–Kier alpha value is -4.99. The molecule has 5 rings (SSSR count). The predicted molar refractivity (Wildman–Crippen MR) is 147 cm³/mol. The van der Waals surface area contributed by atoms with Crippen LogP contribution in [0, 0.1) is 25.5 Å². The summed E-state index contributed by atoms with van der Waals surface area (Å²) in [6.45, 7) is 3.03. The highest BCUT2D eigenvalue weighted by Crippen LogP contribution is 2.30. The molecular formula is C30H25F2N3O5. The summed E-state index contributed by atoms with van der Waals surface area (Å²) in [7, 11) is 2.89. The third-order valence-corrected chi connectivity index (χ3v) is 6.75. The monoisotopic (exact) mass is 545 g/mol. The first kappa shape index (κ1) is 26.6. The molecule has 40 heavy (non-hydrogen) atoms. The van der Waals surface area contributed by atoms with Crippen LogP contribution in [0.5, 0.6) is 17.2 Å². The lowest BCUT2D eigenvalue weighted by molar-refractivity contribution is 0.414. The van der Waals surface area contributed by atoms with Gasteiger partial charge in [0.2, 0.25) is 0 Å². The maximum Gasteiger partial charge on any atom is 0.337 e. The van der Waals surface area contributed by atoms with Crippen molar-refractivity contribution >= 4 is 11.0 Å². The fourth-order valence-corrected chi connectivity index (χ4v) is 4.52. The van der Waals surface area contributed by atoms with Gasteiger partial charge in [0.25, 0.3) is 11.1 Å². The standard InChI is InChI=1S/C30H25F2N3O5/c1-17-8-13-23(22(32)14-17)35-28-27(29(37)34(30(35)38)16-19-9-11-20(39-4)12-10-19)25(15-26(36)33(28)3)40-24-7-5-6-21(31)18(24)2/h5-15H,16H2,1-4H3. The van der Waals surface area contributed by atoms with E-state index in [-0.39, 0.29) is 40.3 Å². The van der Waals surface area contributed by atoms with Crippen LogP contribution in [0.25, 0.3) is 16.7 Å². The molecule has 0 N–H and O–H groups in total. The second-order valence-electron chi connectivity index (χ2n) is 9.38. The van der Waals surface area contributed by atoms with E-state index < -0.39 is 28.4 Å². The van der Waals surface area contributed by atoms with Gasteiger partial charge in [-0.25, -0.2) is 18.1 Å². The van der Waals surface area contributed by atoms with Crippen LogP contribution in [0.15, 0.2) is 81.1 Å². The summed E-state index contributed by atoms with van der Waals surface area (Å²) in [5, 5.41) is -0.154. The zero-order chi connectivity index (χ0) is 28.7. The average molecular weight is 546 g/mol. The highest BCUT2D eigenvalue weighted by atomic mass is 19.1. The number of benzene rings is 3. The van der Waals surface area contributed by atoms with Crippen molar-refractivity contribution in [3.63, 3.8) is 0 Å². The molecule has 0 unspecified atom stereocenters. The van der Waals surface area contributed by atoms with Crippen molar-refractivity contribution in [2.24, 2.45) is 7.05 Å². The number of halogens is 2. The van der Waals surface area contributed by atoms with E-state index in [0.717, 1.165) is 19.8 Å². The molecule has 2 aromatic heterocycles. The smallest absolute Gasteiger partial charge is 0.337 e. The van der Waals surface area contributed by atoms with Gasteiger partial charge in [-0.15, -0.1) is 0 Å². The first-order valence-corrected chi connectivity index (χ1v) is 12.3. The van der Waals surface area contributed by atoms with E-state index in [4.69, 9.17) is 9.47 Å². The molecule has 8 nitrogen and oxygen atoms in total. The highest BCUT2D eigenvalue weighted by molar-refractivity contribution is 5.83. The van der Waals surface area contributed by atoms with Crippen molar-refractivity contribution in [1.29, 1.82) is 0 Å². The predicted octanol–water partition coefficient (Wildman–Crippen LogP) is 4.60. The summed E-state index contributed by atoms with van der Waals surface area (Å²) in [6, 6.07) is 16.3. The molecule has 5 aromatic rings. The minimum atomic E-state index is -0.856. The van der Waals surface area contributed by atoms with Gasteiger partial charge in [0.1, 0.15) is 39.9 Å². The Labute approximate surface area is 226 Å². The number of pyridine rings is 1. The van der Waals surface area contributed by atoms with Crippen LogP contribution in [-0.2, 0) is 13.6 Å². The largest absolute Gasteiger partial charge is 0.497 e. The molecule has 3 aromatic carbocycles. The van der Waals surface area contributed by atoms with Gasteiger partial charge in [-0.2, -0.15) is 0 Å². The molecule has 0 atom stereocenters. The van der Waals surface area contributed by atoms with Crippen molar-refractivity contribution in [3.8, 4) is 22.9 Å². The van der Waals surface area contributed by atoms with Crippen molar-refractivity contribution in [2.45, 2.75) is 20.4 Å². The number of aromatic nitrogens is 3. The molecule has 0 aliphatic carbocycles. The van der Waals surface area contributed by atoms with Crippen LogP contribution in [0.4, 0.5) is 8.78 Å². The van der Waals surface area contributed by atoms with E-state index in [2.05, 4.69) is 0 Å². The molecule has 0 fully saturated rings. The molecule has 0 amide bonds. The van der Waals surface area contributed by atoms with E-state index in [9.17, 15) is 18.8 Å². The fraction of sp³-hybridized carbons (Fsp3) is 0.167. The molecule has 0 aliphatic heterocycles. The normalized spacial score (nSPS) is 11.2. The van der Waals surface area contributed by atoms with E-state index >= 15 is 4.39 Å². The molecule has 2 heterocycles. The van der Waals surface area contributed by atoms with E-state index in [0.29, 0.717) is 16.9 Å². The highest BCUT2D eigenvalue weighted by Gasteiger charge is 2.24. The van der Waals surface area contributed by atoms with Gasteiger partial charge in [-0.1, -0.05) is 24.3 Å². The van der Waals surface area contributed by atoms with Crippen molar-refractivity contribution < 1.29 is 18.3 Å². The number of methoxy groups -OCH3 is 1. The first-order chi connectivity index (χ1) is 19.1. The SMILES string of the molecule is COc1ccc(Cn2c(=O)c3c(Oc4cccc(F)c4C)cc(=O)n(C)c3n(-c3ccc(C)cc3F)c2=O)cc1. The van der Waals surface area contributed by atoms with Gasteiger partial charge in [-0.05, 0) is 61.4 Å². The molecule has 0 aliphatic rings. The lowest BCUT2D eigenvalue weighted by Crippen LogP contribution is -2.42. The van der Waals surface area contributed by atoms with Crippen molar-refractivity contribution in [3.05, 3.63) is 126 Å². The number of hydrogen-bond donors (Lipinski definition) is 0. The number of fused-ring (bicyclic) bond motifs is 1. The minimum Gasteiger partial charge on any atom is -0.497 e. The lowest BCUT2D eigenvalue weighted by atomic mass is 10.2. The van der Waals surface area contributed by atoms with E-state index in [1.54, 1.807) is 37.3 Å². The van der Waals surface area contributed by atoms with Crippen molar-refractivity contribution in [1.82, 2.24) is 13.7 Å². The van der Waals surface area contributed by atoms with E-state index in [1.165, 1.54) is 51.4 Å². The van der Waals surface area contributed by atoms with Crippen LogP contribution < -0.4 is 26.3 Å². The van der Waals surface area contributed by atoms with Crippen LogP contribution in [0.2, 0.25) is 0 Å². The Morgan fingerprint density at radius 1 is 0.850 bits per heavy atom. The maximum atomic E-state index is 15.3. The third-order valence-electron chi connectivity index (χ3n) is 6.75. The van der Waals surface area contributed by atoms with Gasteiger partial charge >= 0.3 is 5.69 Å². The molecule has 10 heteroatoms. The summed E-state index contributed by atoms with van der Waals surface area (Å²) in [6.07, 6.45) is 0. The Bertz CT molecular complexity index is 1960. The Kier molecular flexibility index (Phi) is 6.85. The quantitative estimate of drug-likeness (QED) is 0.312. The number of ether oxygens (including phenoxy) is 2. The van der Waals surface area contributed by atoms with Crippen LogP contribution >= 0.6 is 0 Å². The summed E-state index contributed by atoms with van der Waals surface area (Å²) in [4.78, 5) is 41.0. The Morgan fingerprint density at radius 2 is 1.57 bits per heavy atom. The molecule has 204 valence electrons. The Balaban J connectivity index is 1.88. The fourth-order valence-electron chi connectivity index (χ4n) is 4.52. The molecular weight excluding hydrogens is 520 g/mol. The number of aryl methyl sites for hydroxylation is 2. The van der Waals surface area contributed by atoms with Gasteiger partial charge in [0, 0.05) is 18.7 Å². The van der Waals surface area contributed by atoms with Crippen molar-refractivity contribution in [2.75, 3.05) is 7.11 Å². The average Bonchev–Trinajstić information content (AvgIpc) is 2.93. The third kappa shape index (κ3) is 4.57. The minimum absolute atomic E-state index is 0.0786. The van der Waals surface area contributed by atoms with Gasteiger partial charge < -0.3 is 9.47 Å². The molecule has 0 spiro atoms. The summed E-state index contributed by atoms with van der Waals surface area (Å²) in [5.41, 5.74) is -1.19. The Morgan fingerprint density at radius 3 is 2.25 bits per heavy atom. The van der Waals surface area contributed by atoms with Crippen LogP contribution in [-0.4, -0.2) is 20.8 Å². The second kappa shape index (κ2) is 10.3. The zero-order valence-corrected chi connectivity index (χ0v) is 22.2. The van der Waals surface area contributed by atoms with Gasteiger partial charge in [0.05, 0.1) is 19.3 Å². The molecule has 0 saturated heterocycles. The van der Waals surface area contributed by atoms with Crippen LogP contribution in [0.1, 0.15) is 16.7 Å². The molecule has 0 radical (unpaired) electrons. The lowest BCUT2D eigenvalue weighted by Gasteiger charge is -2.19. The van der Waals surface area contributed by atoms with E-state index in [1.807, 2.05) is 0 Å². The van der Waals surface area contributed by atoms with Gasteiger partial charge in [0.15, 0.2) is 0 Å². The second-order valence-corrected chi connectivity index (χ2v) is 9.38. The number of hydrogen-bond acceptors (Lipinski definition) is 5. The maximum absolute atomic E-state index is 15.3. The summed E-state index contributed by atoms with van der Waals surface area (Å²) < 4.78 is 43.8. The molecule has 0 saturated carbocycles. The number of rotatable bonds is 6. The topological polar surface area (TPSA) is 84.5 Å². The number of nitrogens with zero attached hydrogens (tertiary/aromatic N) is 3. The molecule has 0 bridgehead atoms. The first-order valence-electron chi connectivity index (χ1n) is 12.3. The zero-order valence-electron chi connectivity index (χ0n) is 22.2. The summed E-state index contributed by atoms with van der Waals surface area (Å²) in [5.74, 6) is -0.791.